The number of nitrogens with one attached hydrogen (secondary N) is 1. The molecule has 0 unspecified atom stereocenters. The van der Waals surface area contributed by atoms with E-state index in [4.69, 9.17) is 5.11 Å². The molecule has 24 heavy (non-hydrogen) atoms. The molecule has 118 valence electrons. The van der Waals surface area contributed by atoms with Crippen molar-refractivity contribution < 1.29 is 19.5 Å². The summed E-state index contributed by atoms with van der Waals surface area (Å²) in [5.41, 5.74) is 2.01. The largest absolute Gasteiger partial charge is 0.478 e. The minimum absolute atomic E-state index is 0.116. The van der Waals surface area contributed by atoms with Crippen LogP contribution in [-0.4, -0.2) is 22.9 Å². The molecule has 0 saturated heterocycles. The van der Waals surface area contributed by atoms with Crippen molar-refractivity contribution in [2.45, 2.75) is 0 Å². The van der Waals surface area contributed by atoms with Gasteiger partial charge in [-0.25, -0.2) is 4.79 Å². The van der Waals surface area contributed by atoms with Gasteiger partial charge < -0.3 is 5.11 Å². The first-order chi connectivity index (χ1) is 11.6. The van der Waals surface area contributed by atoms with Gasteiger partial charge in [0.15, 0.2) is 0 Å². The molecule has 0 aliphatic carbocycles. The smallest absolute Gasteiger partial charge is 0.335 e. The zero-order chi connectivity index (χ0) is 17.1. The molecule has 3 rings (SSSR count). The van der Waals surface area contributed by atoms with Crippen molar-refractivity contribution in [3.8, 4) is 0 Å². The summed E-state index contributed by atoms with van der Waals surface area (Å²) in [6, 6.07) is 15.2. The normalized spacial score (nSPS) is 14.3. The molecule has 0 spiro atoms. The number of amides is 2. The van der Waals surface area contributed by atoms with E-state index < -0.39 is 17.8 Å². The molecule has 1 aliphatic heterocycles. The highest BCUT2D eigenvalue weighted by molar-refractivity contribution is 6.37. The lowest BCUT2D eigenvalue weighted by atomic mass is 9.99. The van der Waals surface area contributed by atoms with Crippen molar-refractivity contribution in [2.75, 3.05) is 0 Å². The van der Waals surface area contributed by atoms with Gasteiger partial charge >= 0.3 is 5.97 Å². The van der Waals surface area contributed by atoms with Crippen LogP contribution in [0.3, 0.4) is 0 Å². The van der Waals surface area contributed by atoms with Gasteiger partial charge in [0.1, 0.15) is 0 Å². The molecular weight excluding hydrogens is 306 g/mol. The van der Waals surface area contributed by atoms with Crippen LogP contribution in [0.25, 0.3) is 11.6 Å². The topological polar surface area (TPSA) is 83.5 Å². The van der Waals surface area contributed by atoms with Crippen LogP contribution in [0.5, 0.6) is 0 Å². The molecule has 1 heterocycles. The SMILES string of the molecule is O=C1NC(=O)C(c2ccc(C(=O)O)cc2)=C1C=Cc1ccccc1. The number of carboxylic acid groups (broad SMARTS) is 1. The van der Waals surface area contributed by atoms with Gasteiger partial charge in [0.05, 0.1) is 16.7 Å². The highest BCUT2D eigenvalue weighted by atomic mass is 16.4. The minimum Gasteiger partial charge on any atom is -0.478 e. The van der Waals surface area contributed by atoms with Gasteiger partial charge in [-0.3, -0.25) is 14.9 Å². The van der Waals surface area contributed by atoms with Gasteiger partial charge in [0, 0.05) is 0 Å². The molecule has 5 heteroatoms. The van der Waals surface area contributed by atoms with Gasteiger partial charge in [-0.15, -0.1) is 0 Å². The van der Waals surface area contributed by atoms with Gasteiger partial charge in [-0.05, 0) is 29.3 Å². The number of benzene rings is 2. The summed E-state index contributed by atoms with van der Waals surface area (Å²) in [5.74, 6) is -2.01. The summed E-state index contributed by atoms with van der Waals surface area (Å²) in [6.45, 7) is 0. The highest BCUT2D eigenvalue weighted by Crippen LogP contribution is 2.25. The average molecular weight is 319 g/mol. The van der Waals surface area contributed by atoms with Crippen LogP contribution in [0.15, 0.2) is 66.2 Å². The Labute approximate surface area is 137 Å². The van der Waals surface area contributed by atoms with Crippen LogP contribution in [0.1, 0.15) is 21.5 Å². The summed E-state index contributed by atoms with van der Waals surface area (Å²) >= 11 is 0. The molecule has 0 saturated carbocycles. The lowest BCUT2D eigenvalue weighted by molar-refractivity contribution is -0.123. The lowest BCUT2D eigenvalue weighted by Gasteiger charge is -2.02. The van der Waals surface area contributed by atoms with Crippen molar-refractivity contribution in [1.82, 2.24) is 5.32 Å². The fraction of sp³-hybridized carbons (Fsp3) is 0. The first kappa shape index (κ1) is 15.4. The van der Waals surface area contributed by atoms with Crippen LogP contribution in [0, 0.1) is 0 Å². The highest BCUT2D eigenvalue weighted by Gasteiger charge is 2.29. The van der Waals surface area contributed by atoms with Crippen molar-refractivity contribution in [1.29, 1.82) is 0 Å². The van der Waals surface area contributed by atoms with E-state index in [2.05, 4.69) is 5.32 Å². The van der Waals surface area contributed by atoms with Gasteiger partial charge in [0.25, 0.3) is 11.8 Å². The summed E-state index contributed by atoms with van der Waals surface area (Å²) in [4.78, 5) is 35.0. The maximum absolute atomic E-state index is 12.1. The summed E-state index contributed by atoms with van der Waals surface area (Å²) in [5, 5.41) is 11.2. The number of imide groups is 1. The van der Waals surface area contributed by atoms with E-state index in [0.717, 1.165) is 5.56 Å². The van der Waals surface area contributed by atoms with E-state index >= 15 is 0 Å². The Morgan fingerprint density at radius 2 is 1.54 bits per heavy atom. The Morgan fingerprint density at radius 3 is 2.17 bits per heavy atom. The molecule has 5 nitrogen and oxygen atoms in total. The number of rotatable bonds is 4. The van der Waals surface area contributed by atoms with Gasteiger partial charge in [-0.1, -0.05) is 48.5 Å². The quantitative estimate of drug-likeness (QED) is 0.848. The number of carbonyl (C=O) groups excluding carboxylic acids is 2. The zero-order valence-corrected chi connectivity index (χ0v) is 12.5. The summed E-state index contributed by atoms with van der Waals surface area (Å²) < 4.78 is 0. The van der Waals surface area contributed by atoms with Crippen LogP contribution in [-0.2, 0) is 9.59 Å². The van der Waals surface area contributed by atoms with E-state index in [9.17, 15) is 14.4 Å². The molecule has 0 aromatic heterocycles. The molecule has 1 aliphatic rings. The van der Waals surface area contributed by atoms with Crippen molar-refractivity contribution >= 4 is 29.4 Å². The minimum atomic E-state index is -1.05. The van der Waals surface area contributed by atoms with Crippen LogP contribution in [0.4, 0.5) is 0 Å². The van der Waals surface area contributed by atoms with Gasteiger partial charge in [0.2, 0.25) is 0 Å². The molecule has 2 amide bonds. The Kier molecular flexibility index (Phi) is 4.07. The second-order valence-electron chi connectivity index (χ2n) is 5.20. The van der Waals surface area contributed by atoms with Crippen molar-refractivity contribution in [3.63, 3.8) is 0 Å². The second-order valence-corrected chi connectivity index (χ2v) is 5.20. The van der Waals surface area contributed by atoms with Gasteiger partial charge in [-0.2, -0.15) is 0 Å². The van der Waals surface area contributed by atoms with Crippen LogP contribution in [0.2, 0.25) is 0 Å². The number of carboxylic acids is 1. The third-order valence-electron chi connectivity index (χ3n) is 3.63. The van der Waals surface area contributed by atoms with Crippen molar-refractivity contribution in [2.24, 2.45) is 0 Å². The monoisotopic (exact) mass is 319 g/mol. The lowest BCUT2D eigenvalue weighted by Crippen LogP contribution is -2.22. The molecule has 0 bridgehead atoms. The van der Waals surface area contributed by atoms with Crippen molar-refractivity contribution in [3.05, 3.63) is 82.9 Å². The standard InChI is InChI=1S/C19H13NO4/c21-17-15(11-6-12-4-2-1-3-5-12)16(18(22)20-17)13-7-9-14(10-8-13)19(23)24/h1-11H,(H,23,24)(H,20,21,22). The number of hydrogen-bond donors (Lipinski definition) is 2. The molecule has 2 aromatic rings. The van der Waals surface area contributed by atoms with E-state index in [-0.39, 0.29) is 16.7 Å². The second kappa shape index (κ2) is 6.34. The maximum atomic E-state index is 12.1. The number of carbonyl (C=O) groups is 3. The van der Waals surface area contributed by atoms with E-state index in [1.54, 1.807) is 12.2 Å². The molecule has 0 atom stereocenters. The Hall–Kier alpha value is -3.47. The average Bonchev–Trinajstić information content (AvgIpc) is 2.87. The Bertz CT molecular complexity index is 877. The predicted molar refractivity (Wildman–Crippen MR) is 88.9 cm³/mol. The van der Waals surface area contributed by atoms with E-state index in [1.165, 1.54) is 24.3 Å². The predicted octanol–water partition coefficient (Wildman–Crippen LogP) is 2.51. The fourth-order valence-electron chi connectivity index (χ4n) is 2.44. The number of hydrogen-bond acceptors (Lipinski definition) is 3. The third kappa shape index (κ3) is 3.01. The van der Waals surface area contributed by atoms with Crippen LogP contribution < -0.4 is 5.32 Å². The molecule has 0 fully saturated rings. The summed E-state index contributed by atoms with van der Waals surface area (Å²) in [6.07, 6.45) is 3.34. The maximum Gasteiger partial charge on any atom is 0.335 e. The Balaban J connectivity index is 2.01. The number of aromatic carboxylic acids is 1. The Morgan fingerprint density at radius 1 is 0.875 bits per heavy atom. The van der Waals surface area contributed by atoms with E-state index in [1.807, 2.05) is 30.3 Å². The van der Waals surface area contributed by atoms with Crippen LogP contribution >= 0.6 is 0 Å². The third-order valence-corrected chi connectivity index (χ3v) is 3.63. The molecule has 2 N–H and O–H groups in total. The first-order valence-corrected chi connectivity index (χ1v) is 7.23. The zero-order valence-electron chi connectivity index (χ0n) is 12.5. The molecule has 0 radical (unpaired) electrons. The first-order valence-electron chi connectivity index (χ1n) is 7.23. The fourth-order valence-corrected chi connectivity index (χ4v) is 2.44. The molecular formula is C19H13NO4. The molecule has 2 aromatic carbocycles. The van der Waals surface area contributed by atoms with E-state index in [0.29, 0.717) is 5.56 Å². The summed E-state index contributed by atoms with van der Waals surface area (Å²) in [7, 11) is 0.